The Morgan fingerprint density at radius 3 is 2.80 bits per heavy atom. The molecule has 0 saturated carbocycles. The predicted molar refractivity (Wildman–Crippen MR) is 103 cm³/mol. The van der Waals surface area contributed by atoms with Crippen LogP contribution in [0.25, 0.3) is 0 Å². The van der Waals surface area contributed by atoms with Gasteiger partial charge < -0.3 is 14.8 Å². The first-order valence-corrected chi connectivity index (χ1v) is 10.0. The molecule has 25 heavy (non-hydrogen) atoms. The molecule has 0 radical (unpaired) electrons. The fourth-order valence-electron chi connectivity index (χ4n) is 3.53. The van der Waals surface area contributed by atoms with Crippen molar-refractivity contribution in [3.05, 3.63) is 48.0 Å². The lowest BCUT2D eigenvalue weighted by molar-refractivity contribution is 0.174. The van der Waals surface area contributed by atoms with Crippen molar-refractivity contribution in [2.45, 2.75) is 30.3 Å². The van der Waals surface area contributed by atoms with Gasteiger partial charge in [-0.15, -0.1) is 11.8 Å². The topological polar surface area (TPSA) is 33.7 Å². The minimum absolute atomic E-state index is 0.325. The van der Waals surface area contributed by atoms with Crippen LogP contribution >= 0.6 is 11.8 Å². The first-order chi connectivity index (χ1) is 12.3. The van der Waals surface area contributed by atoms with Crippen LogP contribution in [-0.2, 0) is 6.54 Å². The van der Waals surface area contributed by atoms with E-state index >= 15 is 0 Å². The molecule has 1 N–H and O–H groups in total. The summed E-state index contributed by atoms with van der Waals surface area (Å²) in [6.07, 6.45) is 4.55. The highest BCUT2D eigenvalue weighted by molar-refractivity contribution is 7.98. The molecule has 132 valence electrons. The van der Waals surface area contributed by atoms with Crippen molar-refractivity contribution in [1.29, 1.82) is 0 Å². The molecule has 4 rings (SSSR count). The maximum Gasteiger partial charge on any atom is 0.231 e. The van der Waals surface area contributed by atoms with E-state index in [0.29, 0.717) is 12.8 Å². The summed E-state index contributed by atoms with van der Waals surface area (Å²) in [5.74, 6) is 1.68. The molecule has 2 aliphatic heterocycles. The summed E-state index contributed by atoms with van der Waals surface area (Å²) in [7, 11) is 0. The molecule has 1 unspecified atom stereocenters. The molecule has 2 aromatic carbocycles. The molecule has 4 nitrogen and oxygen atoms in total. The van der Waals surface area contributed by atoms with Gasteiger partial charge in [-0.2, -0.15) is 0 Å². The summed E-state index contributed by atoms with van der Waals surface area (Å²) in [6, 6.07) is 15.5. The van der Waals surface area contributed by atoms with Gasteiger partial charge in [-0.25, -0.2) is 0 Å². The average molecular weight is 356 g/mol. The number of hydrogen-bond acceptors (Lipinski definition) is 5. The summed E-state index contributed by atoms with van der Waals surface area (Å²) in [5.41, 5.74) is 2.50. The number of ether oxygens (including phenoxy) is 2. The van der Waals surface area contributed by atoms with Gasteiger partial charge in [0.15, 0.2) is 11.5 Å². The Hall–Kier alpha value is -1.85. The Morgan fingerprint density at radius 2 is 1.96 bits per heavy atom. The third kappa shape index (κ3) is 4.05. The lowest BCUT2D eigenvalue weighted by Crippen LogP contribution is -2.41. The molecule has 2 aromatic rings. The summed E-state index contributed by atoms with van der Waals surface area (Å²) in [4.78, 5) is 3.87. The van der Waals surface area contributed by atoms with Gasteiger partial charge in [0.2, 0.25) is 6.79 Å². The standard InChI is InChI=1S/C20H24N2O2S/c1-25-18-7-4-15(5-8-18)12-22-10-2-3-17(13-22)21-16-6-9-19-20(11-16)24-14-23-19/h4-9,11,17,21H,2-3,10,12-14H2,1H3. The highest BCUT2D eigenvalue weighted by atomic mass is 32.2. The minimum atomic E-state index is 0.325. The second kappa shape index (κ2) is 7.58. The second-order valence-corrected chi connectivity index (χ2v) is 7.51. The fraction of sp³-hybridized carbons (Fsp3) is 0.400. The number of thioether (sulfide) groups is 1. The van der Waals surface area contributed by atoms with Crippen LogP contribution < -0.4 is 14.8 Å². The number of likely N-dealkylation sites (tertiary alicyclic amines) is 1. The van der Waals surface area contributed by atoms with E-state index in [9.17, 15) is 0 Å². The molecule has 0 bridgehead atoms. The Bertz CT molecular complexity index is 720. The maximum absolute atomic E-state index is 5.47. The van der Waals surface area contributed by atoms with Crippen LogP contribution in [0.2, 0.25) is 0 Å². The van der Waals surface area contributed by atoms with Crippen molar-refractivity contribution in [3.63, 3.8) is 0 Å². The van der Waals surface area contributed by atoms with Crippen molar-refractivity contribution < 1.29 is 9.47 Å². The minimum Gasteiger partial charge on any atom is -0.454 e. The van der Waals surface area contributed by atoms with Gasteiger partial charge in [0.25, 0.3) is 0 Å². The van der Waals surface area contributed by atoms with Crippen LogP contribution in [0.3, 0.4) is 0 Å². The van der Waals surface area contributed by atoms with Crippen molar-refractivity contribution >= 4 is 17.4 Å². The van der Waals surface area contributed by atoms with Gasteiger partial charge in [0.05, 0.1) is 0 Å². The normalized spacial score (nSPS) is 19.8. The van der Waals surface area contributed by atoms with Crippen LogP contribution in [-0.4, -0.2) is 37.1 Å². The largest absolute Gasteiger partial charge is 0.454 e. The monoisotopic (exact) mass is 356 g/mol. The quantitative estimate of drug-likeness (QED) is 0.812. The van der Waals surface area contributed by atoms with E-state index in [1.54, 1.807) is 11.8 Å². The average Bonchev–Trinajstić information content (AvgIpc) is 3.10. The van der Waals surface area contributed by atoms with E-state index in [0.717, 1.165) is 30.3 Å². The number of hydrogen-bond donors (Lipinski definition) is 1. The SMILES string of the molecule is CSc1ccc(CN2CCCC(Nc3ccc4c(c3)OCO4)C2)cc1. The predicted octanol–water partition coefficient (Wildman–Crippen LogP) is 4.21. The van der Waals surface area contributed by atoms with Crippen molar-refractivity contribution in [2.24, 2.45) is 0 Å². The summed E-state index contributed by atoms with van der Waals surface area (Å²) < 4.78 is 10.9. The van der Waals surface area contributed by atoms with E-state index < -0.39 is 0 Å². The Balaban J connectivity index is 1.35. The zero-order valence-corrected chi connectivity index (χ0v) is 15.3. The summed E-state index contributed by atoms with van der Waals surface area (Å²) >= 11 is 1.79. The third-order valence-electron chi connectivity index (χ3n) is 4.81. The van der Waals surface area contributed by atoms with Crippen molar-refractivity contribution in [3.8, 4) is 11.5 Å². The van der Waals surface area contributed by atoms with Gasteiger partial charge in [-0.1, -0.05) is 12.1 Å². The molecule has 2 aliphatic rings. The number of nitrogens with zero attached hydrogens (tertiary/aromatic N) is 1. The summed E-state index contributed by atoms with van der Waals surface area (Å²) in [6.45, 7) is 3.58. The molecule has 5 heteroatoms. The van der Waals surface area contributed by atoms with Gasteiger partial charge in [0, 0.05) is 35.8 Å². The van der Waals surface area contributed by atoms with Gasteiger partial charge in [0.1, 0.15) is 0 Å². The molecular formula is C20H24N2O2S. The Kier molecular flexibility index (Phi) is 5.04. The number of piperidine rings is 1. The number of benzene rings is 2. The molecule has 1 atom stereocenters. The van der Waals surface area contributed by atoms with Gasteiger partial charge >= 0.3 is 0 Å². The van der Waals surface area contributed by atoms with E-state index in [4.69, 9.17) is 9.47 Å². The van der Waals surface area contributed by atoms with Crippen LogP contribution in [0.5, 0.6) is 11.5 Å². The first kappa shape index (κ1) is 16.6. The molecule has 2 heterocycles. The lowest BCUT2D eigenvalue weighted by atomic mass is 10.0. The third-order valence-corrected chi connectivity index (χ3v) is 5.56. The fourth-order valence-corrected chi connectivity index (χ4v) is 3.94. The highest BCUT2D eigenvalue weighted by Crippen LogP contribution is 2.34. The Labute approximate surface area is 153 Å². The molecular weight excluding hydrogens is 332 g/mol. The van der Waals surface area contributed by atoms with Crippen LogP contribution in [0.4, 0.5) is 5.69 Å². The number of anilines is 1. The molecule has 0 aliphatic carbocycles. The molecule has 0 aromatic heterocycles. The highest BCUT2D eigenvalue weighted by Gasteiger charge is 2.21. The molecule has 1 fully saturated rings. The van der Waals surface area contributed by atoms with E-state index in [1.165, 1.54) is 29.8 Å². The lowest BCUT2D eigenvalue weighted by Gasteiger charge is -2.33. The second-order valence-electron chi connectivity index (χ2n) is 6.63. The molecule has 1 saturated heterocycles. The van der Waals surface area contributed by atoms with Gasteiger partial charge in [-0.05, 0) is 55.5 Å². The molecule has 0 amide bonds. The summed E-state index contributed by atoms with van der Waals surface area (Å²) in [5, 5.41) is 3.66. The number of fused-ring (bicyclic) bond motifs is 1. The van der Waals surface area contributed by atoms with Crippen LogP contribution in [0.1, 0.15) is 18.4 Å². The molecule has 0 spiro atoms. The van der Waals surface area contributed by atoms with Crippen molar-refractivity contribution in [1.82, 2.24) is 4.90 Å². The zero-order chi connectivity index (χ0) is 17.1. The van der Waals surface area contributed by atoms with E-state index in [2.05, 4.69) is 46.8 Å². The van der Waals surface area contributed by atoms with E-state index in [-0.39, 0.29) is 0 Å². The maximum atomic E-state index is 5.47. The van der Waals surface area contributed by atoms with Crippen molar-refractivity contribution in [2.75, 3.05) is 31.5 Å². The zero-order valence-electron chi connectivity index (χ0n) is 14.5. The first-order valence-electron chi connectivity index (χ1n) is 8.81. The number of rotatable bonds is 5. The smallest absolute Gasteiger partial charge is 0.231 e. The Morgan fingerprint density at radius 1 is 1.12 bits per heavy atom. The van der Waals surface area contributed by atoms with Crippen LogP contribution in [0, 0.1) is 0 Å². The van der Waals surface area contributed by atoms with Crippen LogP contribution in [0.15, 0.2) is 47.4 Å². The number of nitrogens with one attached hydrogen (secondary N) is 1. The van der Waals surface area contributed by atoms with E-state index in [1.807, 2.05) is 12.1 Å². The van der Waals surface area contributed by atoms with Gasteiger partial charge in [-0.3, -0.25) is 4.90 Å².